The molecule has 2 aromatic rings. The Morgan fingerprint density at radius 2 is 1.63 bits per heavy atom. The van der Waals surface area contributed by atoms with Gasteiger partial charge < -0.3 is 15.5 Å². The predicted molar refractivity (Wildman–Crippen MR) is 71.4 cm³/mol. The fourth-order valence-corrected chi connectivity index (χ4v) is 1.86. The number of hydrogen-bond donors (Lipinski definition) is 3. The molecule has 0 aromatic heterocycles. The number of rotatable bonds is 4. The third-order valence-electron chi connectivity index (χ3n) is 2.95. The summed E-state index contributed by atoms with van der Waals surface area (Å²) in [6, 6.07) is 10.7. The smallest absolute Gasteiger partial charge is 0.123 e. The molecule has 100 valence electrons. The lowest BCUT2D eigenvalue weighted by Crippen LogP contribution is -2.18. The minimum atomic E-state index is -0.255. The lowest BCUT2D eigenvalue weighted by molar-refractivity contribution is 0.446. The van der Waals surface area contributed by atoms with Gasteiger partial charge in [-0.05, 0) is 42.3 Å². The van der Waals surface area contributed by atoms with Gasteiger partial charge in [-0.25, -0.2) is 4.39 Å². The Hall–Kier alpha value is -2.07. The van der Waals surface area contributed by atoms with Crippen LogP contribution in [0.15, 0.2) is 42.5 Å². The molecule has 0 aliphatic heterocycles. The number of phenolic OH excluding ortho intramolecular Hbond substituents is 2. The highest BCUT2D eigenvalue weighted by Crippen LogP contribution is 2.24. The first-order valence-electron chi connectivity index (χ1n) is 6.05. The van der Waals surface area contributed by atoms with Crippen LogP contribution < -0.4 is 5.32 Å². The van der Waals surface area contributed by atoms with Gasteiger partial charge in [0, 0.05) is 18.7 Å². The summed E-state index contributed by atoms with van der Waals surface area (Å²) in [5.41, 5.74) is 1.76. The van der Waals surface area contributed by atoms with Crippen LogP contribution in [0.2, 0.25) is 0 Å². The second-order valence-electron chi connectivity index (χ2n) is 4.51. The SMILES string of the molecule is CC(NCc1ccc(F)cc1)c1cc(O)cc(O)c1. The van der Waals surface area contributed by atoms with Gasteiger partial charge in [-0.3, -0.25) is 0 Å². The van der Waals surface area contributed by atoms with Crippen LogP contribution in [-0.2, 0) is 6.54 Å². The molecule has 3 N–H and O–H groups in total. The van der Waals surface area contributed by atoms with E-state index in [1.54, 1.807) is 24.3 Å². The molecule has 0 spiro atoms. The van der Waals surface area contributed by atoms with E-state index in [0.717, 1.165) is 11.1 Å². The molecule has 2 aromatic carbocycles. The standard InChI is InChI=1S/C15H16FNO2/c1-10(12-6-14(18)8-15(19)7-12)17-9-11-2-4-13(16)5-3-11/h2-8,10,17-19H,9H2,1H3. The predicted octanol–water partition coefficient (Wildman–Crippen LogP) is 3.09. The number of halogens is 1. The topological polar surface area (TPSA) is 52.5 Å². The highest BCUT2D eigenvalue weighted by atomic mass is 19.1. The third kappa shape index (κ3) is 3.69. The largest absolute Gasteiger partial charge is 0.508 e. The number of nitrogens with one attached hydrogen (secondary N) is 1. The molecule has 0 aliphatic rings. The van der Waals surface area contributed by atoms with Crippen LogP contribution in [0.25, 0.3) is 0 Å². The molecule has 0 fully saturated rings. The third-order valence-corrected chi connectivity index (χ3v) is 2.95. The molecule has 0 saturated carbocycles. The monoisotopic (exact) mass is 261 g/mol. The van der Waals surface area contributed by atoms with E-state index < -0.39 is 0 Å². The summed E-state index contributed by atoms with van der Waals surface area (Å²) in [4.78, 5) is 0. The average molecular weight is 261 g/mol. The quantitative estimate of drug-likeness (QED) is 0.792. The first-order valence-corrected chi connectivity index (χ1v) is 6.05. The highest BCUT2D eigenvalue weighted by molar-refractivity contribution is 5.38. The van der Waals surface area contributed by atoms with Gasteiger partial charge in [-0.1, -0.05) is 12.1 Å². The van der Waals surface area contributed by atoms with Crippen molar-refractivity contribution in [3.63, 3.8) is 0 Å². The van der Waals surface area contributed by atoms with Crippen LogP contribution in [-0.4, -0.2) is 10.2 Å². The minimum absolute atomic E-state index is 0.0328. The average Bonchev–Trinajstić information content (AvgIpc) is 2.36. The van der Waals surface area contributed by atoms with Gasteiger partial charge in [-0.15, -0.1) is 0 Å². The van der Waals surface area contributed by atoms with E-state index in [4.69, 9.17) is 0 Å². The van der Waals surface area contributed by atoms with E-state index in [1.807, 2.05) is 6.92 Å². The molecule has 0 bridgehead atoms. The van der Waals surface area contributed by atoms with Crippen molar-refractivity contribution < 1.29 is 14.6 Å². The van der Waals surface area contributed by atoms with E-state index in [1.165, 1.54) is 18.2 Å². The first kappa shape index (κ1) is 13.4. The zero-order valence-electron chi connectivity index (χ0n) is 10.6. The first-order chi connectivity index (χ1) is 9.04. The van der Waals surface area contributed by atoms with Crippen molar-refractivity contribution in [2.75, 3.05) is 0 Å². The second kappa shape index (κ2) is 5.71. The maximum Gasteiger partial charge on any atom is 0.123 e. The van der Waals surface area contributed by atoms with Crippen LogP contribution >= 0.6 is 0 Å². The molecule has 1 unspecified atom stereocenters. The van der Waals surface area contributed by atoms with Crippen molar-refractivity contribution in [1.29, 1.82) is 0 Å². The van der Waals surface area contributed by atoms with Gasteiger partial charge in [-0.2, -0.15) is 0 Å². The molecule has 2 rings (SSSR count). The molecule has 19 heavy (non-hydrogen) atoms. The van der Waals surface area contributed by atoms with Crippen LogP contribution in [0.5, 0.6) is 11.5 Å². The molecular formula is C15H16FNO2. The van der Waals surface area contributed by atoms with E-state index in [9.17, 15) is 14.6 Å². The zero-order chi connectivity index (χ0) is 13.8. The Labute approximate surface area is 111 Å². The molecule has 0 heterocycles. The van der Waals surface area contributed by atoms with E-state index >= 15 is 0 Å². The molecule has 0 aliphatic carbocycles. The molecule has 4 heteroatoms. The molecule has 3 nitrogen and oxygen atoms in total. The second-order valence-corrected chi connectivity index (χ2v) is 4.51. The summed E-state index contributed by atoms with van der Waals surface area (Å²) in [5.74, 6) is -0.189. The summed E-state index contributed by atoms with van der Waals surface area (Å²) in [7, 11) is 0. The van der Waals surface area contributed by atoms with Gasteiger partial charge in [0.2, 0.25) is 0 Å². The lowest BCUT2D eigenvalue weighted by Gasteiger charge is -2.15. The highest BCUT2D eigenvalue weighted by Gasteiger charge is 2.07. The van der Waals surface area contributed by atoms with E-state index in [0.29, 0.717) is 6.54 Å². The fourth-order valence-electron chi connectivity index (χ4n) is 1.86. The number of benzene rings is 2. The van der Waals surface area contributed by atoms with Gasteiger partial charge in [0.15, 0.2) is 0 Å². The van der Waals surface area contributed by atoms with Crippen molar-refractivity contribution in [3.05, 3.63) is 59.4 Å². The van der Waals surface area contributed by atoms with Crippen molar-refractivity contribution in [2.45, 2.75) is 19.5 Å². The van der Waals surface area contributed by atoms with Gasteiger partial charge in [0.25, 0.3) is 0 Å². The normalized spacial score (nSPS) is 12.3. The summed E-state index contributed by atoms with van der Waals surface area (Å²) in [6.07, 6.45) is 0. The Bertz CT molecular complexity index is 534. The zero-order valence-corrected chi connectivity index (χ0v) is 10.6. The van der Waals surface area contributed by atoms with E-state index in [2.05, 4.69) is 5.32 Å². The molecule has 0 radical (unpaired) electrons. The lowest BCUT2D eigenvalue weighted by atomic mass is 10.1. The number of phenols is 2. The van der Waals surface area contributed by atoms with Crippen molar-refractivity contribution in [1.82, 2.24) is 5.32 Å². The maximum atomic E-state index is 12.8. The molecule has 1 atom stereocenters. The number of aromatic hydroxyl groups is 2. The summed E-state index contributed by atoms with van der Waals surface area (Å²) in [5, 5.41) is 22.1. The summed E-state index contributed by atoms with van der Waals surface area (Å²) < 4.78 is 12.8. The Kier molecular flexibility index (Phi) is 4.02. The summed E-state index contributed by atoms with van der Waals surface area (Å²) >= 11 is 0. The van der Waals surface area contributed by atoms with Gasteiger partial charge >= 0.3 is 0 Å². The Morgan fingerprint density at radius 3 is 2.21 bits per heavy atom. The van der Waals surface area contributed by atoms with Gasteiger partial charge in [0.1, 0.15) is 17.3 Å². The van der Waals surface area contributed by atoms with E-state index in [-0.39, 0.29) is 23.4 Å². The van der Waals surface area contributed by atoms with Crippen molar-refractivity contribution >= 4 is 0 Å². The van der Waals surface area contributed by atoms with Crippen molar-refractivity contribution in [3.8, 4) is 11.5 Å². The van der Waals surface area contributed by atoms with Crippen LogP contribution in [0, 0.1) is 5.82 Å². The summed E-state index contributed by atoms with van der Waals surface area (Å²) in [6.45, 7) is 2.51. The molecular weight excluding hydrogens is 245 g/mol. The Balaban J connectivity index is 2.00. The molecule has 0 saturated heterocycles. The van der Waals surface area contributed by atoms with Crippen LogP contribution in [0.4, 0.5) is 4.39 Å². The van der Waals surface area contributed by atoms with Gasteiger partial charge in [0.05, 0.1) is 0 Å². The van der Waals surface area contributed by atoms with Crippen LogP contribution in [0.3, 0.4) is 0 Å². The van der Waals surface area contributed by atoms with Crippen molar-refractivity contribution in [2.24, 2.45) is 0 Å². The molecule has 0 amide bonds. The van der Waals surface area contributed by atoms with Crippen LogP contribution in [0.1, 0.15) is 24.1 Å². The fraction of sp³-hybridized carbons (Fsp3) is 0.200. The minimum Gasteiger partial charge on any atom is -0.508 e. The Morgan fingerprint density at radius 1 is 1.05 bits per heavy atom. The number of hydrogen-bond acceptors (Lipinski definition) is 3. The maximum absolute atomic E-state index is 12.8.